The van der Waals surface area contributed by atoms with Gasteiger partial charge in [-0.2, -0.15) is 4.98 Å². The number of hydrogen-bond donors (Lipinski definition) is 2. The predicted octanol–water partition coefficient (Wildman–Crippen LogP) is 0.450. The first-order valence-electron chi connectivity index (χ1n) is 5.55. The normalized spacial score (nSPS) is 15.1. The minimum atomic E-state index is -0.545. The number of fused-ring (bicyclic) bond motifs is 1. The fourth-order valence-electron chi connectivity index (χ4n) is 1.67. The Kier molecular flexibility index (Phi) is 2.21. The zero-order valence-electron chi connectivity index (χ0n) is 9.18. The van der Waals surface area contributed by atoms with Crippen LogP contribution in [0.3, 0.4) is 0 Å². The van der Waals surface area contributed by atoms with E-state index < -0.39 is 5.91 Å². The molecule has 2 heterocycles. The van der Waals surface area contributed by atoms with Gasteiger partial charge in [0.05, 0.1) is 5.56 Å². The molecule has 17 heavy (non-hydrogen) atoms. The number of aromatic nitrogens is 3. The zero-order valence-corrected chi connectivity index (χ0v) is 9.18. The Morgan fingerprint density at radius 2 is 2.47 bits per heavy atom. The third-order valence-electron chi connectivity index (χ3n) is 2.79. The van der Waals surface area contributed by atoms with Gasteiger partial charge in [0.1, 0.15) is 0 Å². The maximum atomic E-state index is 11.2. The molecule has 3 N–H and O–H groups in total. The van der Waals surface area contributed by atoms with Crippen LogP contribution in [0.15, 0.2) is 12.3 Å². The molecular weight excluding hydrogens is 218 g/mol. The summed E-state index contributed by atoms with van der Waals surface area (Å²) in [5, 5.41) is 7.38. The van der Waals surface area contributed by atoms with Crippen LogP contribution in [0.5, 0.6) is 0 Å². The Morgan fingerprint density at radius 3 is 3.18 bits per heavy atom. The van der Waals surface area contributed by atoms with Crippen LogP contribution in [0.25, 0.3) is 5.65 Å². The van der Waals surface area contributed by atoms with Crippen LogP contribution in [0.1, 0.15) is 23.2 Å². The number of carbonyl (C=O) groups excluding carboxylic acids is 1. The third-order valence-corrected chi connectivity index (χ3v) is 2.79. The highest BCUT2D eigenvalue weighted by Crippen LogP contribution is 2.28. The van der Waals surface area contributed by atoms with E-state index in [4.69, 9.17) is 5.73 Å². The molecule has 1 fully saturated rings. The summed E-state index contributed by atoms with van der Waals surface area (Å²) < 4.78 is 1.53. The molecule has 6 heteroatoms. The highest BCUT2D eigenvalue weighted by molar-refractivity contribution is 5.98. The molecule has 0 spiro atoms. The largest absolute Gasteiger partial charge is 0.365 e. The van der Waals surface area contributed by atoms with E-state index in [-0.39, 0.29) is 5.56 Å². The molecule has 2 aromatic heterocycles. The van der Waals surface area contributed by atoms with E-state index >= 15 is 0 Å². The summed E-state index contributed by atoms with van der Waals surface area (Å²) in [4.78, 5) is 15.4. The number of amides is 1. The van der Waals surface area contributed by atoms with Gasteiger partial charge >= 0.3 is 0 Å². The fourth-order valence-corrected chi connectivity index (χ4v) is 1.67. The fraction of sp³-hybridized carbons (Fsp3) is 0.364. The average molecular weight is 230 g/mol. The van der Waals surface area contributed by atoms with Crippen LogP contribution in [0, 0.1) is 12.0 Å². The van der Waals surface area contributed by atoms with Gasteiger partial charge in [0.15, 0.2) is 5.65 Å². The SMILES string of the molecule is NC(=O)c1[c]ccn2nc(NCC3CC3)nc12. The van der Waals surface area contributed by atoms with Crippen LogP contribution in [-0.2, 0) is 0 Å². The molecule has 1 saturated carbocycles. The summed E-state index contributed by atoms with van der Waals surface area (Å²) in [7, 11) is 0. The summed E-state index contributed by atoms with van der Waals surface area (Å²) >= 11 is 0. The van der Waals surface area contributed by atoms with Gasteiger partial charge in [-0.05, 0) is 24.8 Å². The lowest BCUT2D eigenvalue weighted by Crippen LogP contribution is -2.12. The lowest BCUT2D eigenvalue weighted by molar-refractivity contribution is 0.100. The second-order valence-electron chi connectivity index (χ2n) is 4.23. The van der Waals surface area contributed by atoms with Gasteiger partial charge in [0.2, 0.25) is 5.95 Å². The lowest BCUT2D eigenvalue weighted by atomic mass is 10.2. The Labute approximate surface area is 97.8 Å². The molecule has 0 saturated heterocycles. The van der Waals surface area contributed by atoms with E-state index in [0.717, 1.165) is 12.5 Å². The quantitative estimate of drug-likeness (QED) is 0.798. The highest BCUT2D eigenvalue weighted by atomic mass is 16.1. The maximum absolute atomic E-state index is 11.2. The minimum Gasteiger partial charge on any atom is -0.365 e. The Balaban J connectivity index is 1.93. The minimum absolute atomic E-state index is 0.263. The summed E-state index contributed by atoms with van der Waals surface area (Å²) in [6.45, 7) is 0.881. The van der Waals surface area contributed by atoms with Gasteiger partial charge in [-0.3, -0.25) is 4.79 Å². The van der Waals surface area contributed by atoms with Crippen LogP contribution < -0.4 is 11.1 Å². The first-order chi connectivity index (χ1) is 8.24. The number of pyridine rings is 1. The highest BCUT2D eigenvalue weighted by Gasteiger charge is 2.21. The molecule has 0 aliphatic heterocycles. The van der Waals surface area contributed by atoms with E-state index in [2.05, 4.69) is 21.5 Å². The number of nitrogens with two attached hydrogens (primary N) is 1. The average Bonchev–Trinajstić information content (AvgIpc) is 3.04. The van der Waals surface area contributed by atoms with Crippen molar-refractivity contribution in [3.8, 4) is 0 Å². The van der Waals surface area contributed by atoms with E-state index in [1.54, 1.807) is 12.3 Å². The van der Waals surface area contributed by atoms with Gasteiger partial charge < -0.3 is 11.1 Å². The molecule has 1 radical (unpaired) electrons. The number of rotatable bonds is 4. The van der Waals surface area contributed by atoms with Crippen molar-refractivity contribution in [1.82, 2.24) is 14.6 Å². The Bertz CT molecular complexity index is 572. The summed E-state index contributed by atoms with van der Waals surface area (Å²) in [6.07, 6.45) is 4.22. The number of hydrogen-bond acceptors (Lipinski definition) is 4. The molecule has 1 aliphatic carbocycles. The standard InChI is InChI=1S/C11H12N5O/c12-9(17)8-2-1-5-16-10(8)14-11(15-16)13-6-7-3-4-7/h1,5,7H,3-4,6H2,(H2,12,17)(H,13,15). The molecule has 1 aliphatic rings. The first-order valence-corrected chi connectivity index (χ1v) is 5.55. The topological polar surface area (TPSA) is 85.3 Å². The second kappa shape index (κ2) is 3.73. The van der Waals surface area contributed by atoms with Gasteiger partial charge in [0, 0.05) is 18.8 Å². The van der Waals surface area contributed by atoms with Crippen LogP contribution >= 0.6 is 0 Å². The van der Waals surface area contributed by atoms with E-state index in [1.807, 2.05) is 0 Å². The predicted molar refractivity (Wildman–Crippen MR) is 61.6 cm³/mol. The lowest BCUT2D eigenvalue weighted by Gasteiger charge is -1.96. The molecule has 0 atom stereocenters. The van der Waals surface area contributed by atoms with Crippen LogP contribution in [0.4, 0.5) is 5.95 Å². The molecule has 87 valence electrons. The molecule has 1 amide bonds. The molecule has 0 unspecified atom stereocenters. The Hall–Kier alpha value is -2.11. The molecule has 2 aromatic rings. The van der Waals surface area contributed by atoms with Crippen LogP contribution in [-0.4, -0.2) is 27.0 Å². The van der Waals surface area contributed by atoms with E-state index in [9.17, 15) is 4.79 Å². The van der Waals surface area contributed by atoms with Crippen molar-refractivity contribution in [2.75, 3.05) is 11.9 Å². The van der Waals surface area contributed by atoms with Crippen molar-refractivity contribution in [2.24, 2.45) is 11.7 Å². The van der Waals surface area contributed by atoms with Gasteiger partial charge in [-0.1, -0.05) is 0 Å². The maximum Gasteiger partial charge on any atom is 0.253 e. The molecule has 3 rings (SSSR count). The smallest absolute Gasteiger partial charge is 0.253 e. The van der Waals surface area contributed by atoms with Crippen molar-refractivity contribution >= 4 is 17.5 Å². The van der Waals surface area contributed by atoms with Crippen molar-refractivity contribution in [1.29, 1.82) is 0 Å². The van der Waals surface area contributed by atoms with Gasteiger partial charge in [-0.15, -0.1) is 5.10 Å². The number of primary amides is 1. The number of anilines is 1. The summed E-state index contributed by atoms with van der Waals surface area (Å²) in [6, 6.07) is 4.38. The Morgan fingerprint density at radius 1 is 1.65 bits per heavy atom. The molecule has 0 bridgehead atoms. The molecule has 0 aromatic carbocycles. The third kappa shape index (κ3) is 1.93. The molecule has 6 nitrogen and oxygen atoms in total. The first kappa shape index (κ1) is 10.1. The van der Waals surface area contributed by atoms with Crippen molar-refractivity contribution in [3.05, 3.63) is 23.9 Å². The van der Waals surface area contributed by atoms with E-state index in [1.165, 1.54) is 17.4 Å². The number of nitrogens with one attached hydrogen (secondary N) is 1. The summed E-state index contributed by atoms with van der Waals surface area (Å²) in [5.74, 6) is 0.722. The van der Waals surface area contributed by atoms with Crippen LogP contribution in [0.2, 0.25) is 0 Å². The van der Waals surface area contributed by atoms with Crippen molar-refractivity contribution in [2.45, 2.75) is 12.8 Å². The zero-order chi connectivity index (χ0) is 11.8. The number of carbonyl (C=O) groups is 1. The van der Waals surface area contributed by atoms with E-state index in [0.29, 0.717) is 11.6 Å². The second-order valence-corrected chi connectivity index (χ2v) is 4.23. The van der Waals surface area contributed by atoms with Crippen molar-refractivity contribution in [3.63, 3.8) is 0 Å². The van der Waals surface area contributed by atoms with Gasteiger partial charge in [-0.25, -0.2) is 4.52 Å². The van der Waals surface area contributed by atoms with Crippen molar-refractivity contribution < 1.29 is 4.79 Å². The van der Waals surface area contributed by atoms with Gasteiger partial charge in [0.25, 0.3) is 5.91 Å². The summed E-state index contributed by atoms with van der Waals surface area (Å²) in [5.41, 5.74) is 5.96. The number of nitrogens with zero attached hydrogens (tertiary/aromatic N) is 3. The molecular formula is C11H12N5O. The monoisotopic (exact) mass is 230 g/mol.